The van der Waals surface area contributed by atoms with E-state index in [0.717, 1.165) is 43.2 Å². The van der Waals surface area contributed by atoms with Gasteiger partial charge in [-0.1, -0.05) is 23.7 Å². The Morgan fingerprint density at radius 1 is 1.04 bits per heavy atom. The van der Waals surface area contributed by atoms with Gasteiger partial charge in [-0.05, 0) is 61.3 Å². The van der Waals surface area contributed by atoms with Crippen molar-refractivity contribution in [3.05, 3.63) is 59.1 Å². The average Bonchev–Trinajstić information content (AvgIpc) is 2.65. The molecule has 0 saturated carbocycles. The van der Waals surface area contributed by atoms with E-state index in [-0.39, 0.29) is 17.7 Å². The Balaban J connectivity index is 1.54. The fraction of sp³-hybridized carbons (Fsp3) is 0.333. The van der Waals surface area contributed by atoms with Crippen LogP contribution in [-0.2, 0) is 16.1 Å². The van der Waals surface area contributed by atoms with Gasteiger partial charge in [-0.25, -0.2) is 0 Å². The molecule has 0 spiro atoms. The zero-order valence-corrected chi connectivity index (χ0v) is 16.1. The summed E-state index contributed by atoms with van der Waals surface area (Å²) in [6, 6.07) is 15.0. The number of piperidine rings is 1. The number of anilines is 2. The van der Waals surface area contributed by atoms with Gasteiger partial charge in [0.25, 0.3) is 0 Å². The van der Waals surface area contributed by atoms with Gasteiger partial charge in [-0.3, -0.25) is 14.5 Å². The molecule has 1 aliphatic rings. The molecule has 142 valence electrons. The highest BCUT2D eigenvalue weighted by Crippen LogP contribution is 2.22. The van der Waals surface area contributed by atoms with Crippen LogP contribution in [0.5, 0.6) is 0 Å². The first-order chi connectivity index (χ1) is 13.0. The normalized spacial score (nSPS) is 17.3. The van der Waals surface area contributed by atoms with Crippen LogP contribution in [-0.4, -0.2) is 29.8 Å². The maximum Gasteiger partial charge on any atom is 0.228 e. The first kappa shape index (κ1) is 19.4. The molecule has 3 rings (SSSR count). The summed E-state index contributed by atoms with van der Waals surface area (Å²) in [5.74, 6) is -0.0982. The van der Waals surface area contributed by atoms with E-state index in [1.807, 2.05) is 24.3 Å². The predicted octanol–water partition coefficient (Wildman–Crippen LogP) is 4.15. The molecule has 1 aliphatic heterocycles. The van der Waals surface area contributed by atoms with Crippen molar-refractivity contribution in [2.45, 2.75) is 26.3 Å². The third-order valence-corrected chi connectivity index (χ3v) is 4.92. The van der Waals surface area contributed by atoms with Crippen molar-refractivity contribution >= 4 is 34.8 Å². The number of nitrogens with one attached hydrogen (secondary N) is 2. The molecule has 2 aromatic rings. The van der Waals surface area contributed by atoms with Crippen molar-refractivity contribution in [1.29, 1.82) is 0 Å². The van der Waals surface area contributed by atoms with Crippen LogP contribution in [0.15, 0.2) is 48.5 Å². The van der Waals surface area contributed by atoms with Crippen molar-refractivity contribution < 1.29 is 9.59 Å². The van der Waals surface area contributed by atoms with E-state index >= 15 is 0 Å². The maximum absolute atomic E-state index is 12.6. The van der Waals surface area contributed by atoms with Crippen LogP contribution in [0, 0.1) is 5.92 Å². The number of hydrogen-bond donors (Lipinski definition) is 2. The highest BCUT2D eigenvalue weighted by Gasteiger charge is 2.25. The molecule has 1 saturated heterocycles. The molecule has 1 unspecified atom stereocenters. The molecule has 2 aromatic carbocycles. The molecular weight excluding hydrogens is 362 g/mol. The number of nitrogens with zero attached hydrogens (tertiary/aromatic N) is 1. The summed E-state index contributed by atoms with van der Waals surface area (Å²) in [5, 5.41) is 6.44. The first-order valence-electron chi connectivity index (χ1n) is 9.15. The van der Waals surface area contributed by atoms with Crippen LogP contribution in [0.25, 0.3) is 0 Å². The molecular formula is C21H24ClN3O2. The number of carbonyl (C=O) groups excluding carboxylic acids is 2. The molecule has 0 aromatic heterocycles. The van der Waals surface area contributed by atoms with Crippen LogP contribution < -0.4 is 10.6 Å². The van der Waals surface area contributed by atoms with Crippen LogP contribution >= 0.6 is 11.6 Å². The van der Waals surface area contributed by atoms with E-state index in [2.05, 4.69) is 15.5 Å². The summed E-state index contributed by atoms with van der Waals surface area (Å²) in [7, 11) is 0. The van der Waals surface area contributed by atoms with Gasteiger partial charge in [0.2, 0.25) is 11.8 Å². The van der Waals surface area contributed by atoms with E-state index in [4.69, 9.17) is 11.6 Å². The minimum Gasteiger partial charge on any atom is -0.326 e. The Morgan fingerprint density at radius 2 is 1.67 bits per heavy atom. The van der Waals surface area contributed by atoms with Gasteiger partial charge in [0.05, 0.1) is 5.92 Å². The summed E-state index contributed by atoms with van der Waals surface area (Å²) in [4.78, 5) is 26.0. The SMILES string of the molecule is CC(=O)Nc1ccc(NC(=O)C2CCCN(Cc3ccc(Cl)cc3)C2)cc1. The first-order valence-corrected chi connectivity index (χ1v) is 9.53. The van der Waals surface area contributed by atoms with Gasteiger partial charge in [-0.2, -0.15) is 0 Å². The lowest BCUT2D eigenvalue weighted by Crippen LogP contribution is -2.40. The standard InChI is InChI=1S/C21H24ClN3O2/c1-15(26)23-19-8-10-20(11-9-19)24-21(27)17-3-2-12-25(14-17)13-16-4-6-18(22)7-5-16/h4-11,17H,2-3,12-14H2,1H3,(H,23,26)(H,24,27). The number of amides is 2. The molecule has 1 atom stereocenters. The minimum absolute atomic E-state index is 0.0268. The third kappa shape index (κ3) is 5.81. The fourth-order valence-corrected chi connectivity index (χ4v) is 3.47. The topological polar surface area (TPSA) is 61.4 Å². The number of hydrogen-bond acceptors (Lipinski definition) is 3. The van der Waals surface area contributed by atoms with Crippen LogP contribution in [0.1, 0.15) is 25.3 Å². The van der Waals surface area contributed by atoms with Crippen LogP contribution in [0.3, 0.4) is 0 Å². The van der Waals surface area contributed by atoms with Gasteiger partial charge < -0.3 is 10.6 Å². The molecule has 0 aliphatic carbocycles. The molecule has 1 fully saturated rings. The molecule has 0 bridgehead atoms. The molecule has 5 nitrogen and oxygen atoms in total. The van der Waals surface area contributed by atoms with Crippen molar-refractivity contribution in [2.24, 2.45) is 5.92 Å². The van der Waals surface area contributed by atoms with E-state index in [1.54, 1.807) is 24.3 Å². The number of halogens is 1. The summed E-state index contributed by atoms with van der Waals surface area (Å²) < 4.78 is 0. The molecule has 0 radical (unpaired) electrons. The molecule has 2 amide bonds. The Labute approximate surface area is 164 Å². The fourth-order valence-electron chi connectivity index (χ4n) is 3.35. The summed E-state index contributed by atoms with van der Waals surface area (Å²) in [6.07, 6.45) is 1.90. The van der Waals surface area contributed by atoms with E-state index in [0.29, 0.717) is 5.69 Å². The zero-order valence-electron chi connectivity index (χ0n) is 15.4. The Bertz CT molecular complexity index is 790. The largest absolute Gasteiger partial charge is 0.326 e. The summed E-state index contributed by atoms with van der Waals surface area (Å²) in [6.45, 7) is 4.04. The van der Waals surface area contributed by atoms with Gasteiger partial charge in [-0.15, -0.1) is 0 Å². The lowest BCUT2D eigenvalue weighted by Gasteiger charge is -2.32. The smallest absolute Gasteiger partial charge is 0.228 e. The Hall–Kier alpha value is -2.37. The zero-order chi connectivity index (χ0) is 19.2. The van der Waals surface area contributed by atoms with Gasteiger partial charge in [0.1, 0.15) is 0 Å². The minimum atomic E-state index is -0.116. The quantitative estimate of drug-likeness (QED) is 0.812. The molecule has 6 heteroatoms. The van der Waals surface area contributed by atoms with E-state index in [9.17, 15) is 9.59 Å². The van der Waals surface area contributed by atoms with Gasteiger partial charge in [0.15, 0.2) is 0 Å². The monoisotopic (exact) mass is 385 g/mol. The number of rotatable bonds is 5. The highest BCUT2D eigenvalue weighted by atomic mass is 35.5. The lowest BCUT2D eigenvalue weighted by atomic mass is 9.96. The third-order valence-electron chi connectivity index (χ3n) is 4.67. The predicted molar refractivity (Wildman–Crippen MR) is 109 cm³/mol. The van der Waals surface area contributed by atoms with Gasteiger partial charge in [0, 0.05) is 36.4 Å². The lowest BCUT2D eigenvalue weighted by molar-refractivity contribution is -0.121. The van der Waals surface area contributed by atoms with Crippen LogP contribution in [0.2, 0.25) is 5.02 Å². The molecule has 27 heavy (non-hydrogen) atoms. The van der Waals surface area contributed by atoms with Crippen molar-refractivity contribution in [1.82, 2.24) is 4.90 Å². The Morgan fingerprint density at radius 3 is 2.30 bits per heavy atom. The number of likely N-dealkylation sites (tertiary alicyclic amines) is 1. The summed E-state index contributed by atoms with van der Waals surface area (Å²) >= 11 is 5.94. The maximum atomic E-state index is 12.6. The summed E-state index contributed by atoms with van der Waals surface area (Å²) in [5.41, 5.74) is 2.66. The Kier molecular flexibility index (Phi) is 6.48. The molecule has 2 N–H and O–H groups in total. The highest BCUT2D eigenvalue weighted by molar-refractivity contribution is 6.30. The second kappa shape index (κ2) is 9.02. The van der Waals surface area contributed by atoms with Gasteiger partial charge >= 0.3 is 0 Å². The average molecular weight is 386 g/mol. The second-order valence-electron chi connectivity index (χ2n) is 6.95. The van der Waals surface area contributed by atoms with Crippen molar-refractivity contribution in [2.75, 3.05) is 23.7 Å². The van der Waals surface area contributed by atoms with E-state index < -0.39 is 0 Å². The number of benzene rings is 2. The van der Waals surface area contributed by atoms with Crippen molar-refractivity contribution in [3.63, 3.8) is 0 Å². The van der Waals surface area contributed by atoms with Crippen LogP contribution in [0.4, 0.5) is 11.4 Å². The molecule has 1 heterocycles. The second-order valence-corrected chi connectivity index (χ2v) is 7.38. The van der Waals surface area contributed by atoms with E-state index in [1.165, 1.54) is 12.5 Å². The van der Waals surface area contributed by atoms with Crippen molar-refractivity contribution in [3.8, 4) is 0 Å². The number of carbonyl (C=O) groups is 2.